The number of hydrogen-bond acceptors (Lipinski definition) is 1. The molecule has 0 aliphatic carbocycles. The first-order valence-electron chi connectivity index (χ1n) is 6.83. The van der Waals surface area contributed by atoms with Gasteiger partial charge in [0.15, 0.2) is 0 Å². The van der Waals surface area contributed by atoms with Crippen LogP contribution in [-0.4, -0.2) is 6.61 Å². The van der Waals surface area contributed by atoms with Gasteiger partial charge in [0.25, 0.3) is 0 Å². The molecule has 1 aromatic rings. The summed E-state index contributed by atoms with van der Waals surface area (Å²) in [7, 11) is 0. The minimum atomic E-state index is 0.744. The van der Waals surface area contributed by atoms with Gasteiger partial charge in [0.1, 0.15) is 0 Å². The minimum Gasteiger partial charge on any atom is -0.498 e. The summed E-state index contributed by atoms with van der Waals surface area (Å²) >= 11 is 0. The van der Waals surface area contributed by atoms with E-state index in [1.165, 1.54) is 24.0 Å². The van der Waals surface area contributed by atoms with Gasteiger partial charge >= 0.3 is 0 Å². The topological polar surface area (TPSA) is 9.23 Å². The van der Waals surface area contributed by atoms with Crippen LogP contribution in [0.3, 0.4) is 0 Å². The molecule has 0 heterocycles. The van der Waals surface area contributed by atoms with E-state index in [-0.39, 0.29) is 0 Å². The Hall–Kier alpha value is -1.50. The Bertz CT molecular complexity index is 402. The Morgan fingerprint density at radius 1 is 1.28 bits per heavy atom. The third kappa shape index (κ3) is 5.72. The Balaban J connectivity index is 2.62. The molecule has 1 aromatic carbocycles. The largest absolute Gasteiger partial charge is 0.498 e. The quantitative estimate of drug-likeness (QED) is 0.478. The van der Waals surface area contributed by atoms with Gasteiger partial charge in [0.2, 0.25) is 0 Å². The molecule has 98 valence electrons. The fourth-order valence-corrected chi connectivity index (χ4v) is 1.78. The van der Waals surface area contributed by atoms with Crippen LogP contribution in [-0.2, 0) is 4.74 Å². The van der Waals surface area contributed by atoms with E-state index in [9.17, 15) is 0 Å². The molecule has 1 nitrogen and oxygen atoms in total. The van der Waals surface area contributed by atoms with Crippen molar-refractivity contribution in [2.24, 2.45) is 0 Å². The smallest absolute Gasteiger partial charge is 0.0959 e. The maximum Gasteiger partial charge on any atom is 0.0959 e. The predicted octanol–water partition coefficient (Wildman–Crippen LogP) is 5.12. The molecule has 0 bridgehead atoms. The van der Waals surface area contributed by atoms with Crippen molar-refractivity contribution in [3.05, 3.63) is 53.3 Å². The third-order valence-electron chi connectivity index (χ3n) is 2.72. The molecule has 1 heteroatoms. The summed E-state index contributed by atoms with van der Waals surface area (Å²) in [6.45, 7) is 7.09. The third-order valence-corrected chi connectivity index (χ3v) is 2.72. The van der Waals surface area contributed by atoms with E-state index in [0.29, 0.717) is 0 Å². The highest BCUT2D eigenvalue weighted by molar-refractivity contribution is 5.52. The molecule has 0 atom stereocenters. The molecular weight excluding hydrogens is 220 g/mol. The molecule has 0 aliphatic heterocycles. The van der Waals surface area contributed by atoms with Crippen LogP contribution in [0, 0.1) is 6.92 Å². The molecule has 0 N–H and O–H groups in total. The maximum atomic E-state index is 5.62. The summed E-state index contributed by atoms with van der Waals surface area (Å²) in [6, 6.07) is 8.49. The molecule has 0 saturated heterocycles. The molecule has 0 spiro atoms. The first-order chi connectivity index (χ1) is 8.76. The van der Waals surface area contributed by atoms with Crippen molar-refractivity contribution >= 4 is 6.08 Å². The lowest BCUT2D eigenvalue weighted by Crippen LogP contribution is -1.91. The lowest BCUT2D eigenvalue weighted by atomic mass is 10.1. The van der Waals surface area contributed by atoms with Crippen molar-refractivity contribution in [2.75, 3.05) is 6.61 Å². The van der Waals surface area contributed by atoms with E-state index >= 15 is 0 Å². The SMILES string of the molecule is CCCCC(=CC=Cc1cccc(C)c1)OCC. The van der Waals surface area contributed by atoms with E-state index in [1.807, 2.05) is 6.92 Å². The highest BCUT2D eigenvalue weighted by atomic mass is 16.5. The summed E-state index contributed by atoms with van der Waals surface area (Å²) in [6.07, 6.45) is 9.70. The monoisotopic (exact) mass is 244 g/mol. The second-order valence-electron chi connectivity index (χ2n) is 4.44. The van der Waals surface area contributed by atoms with Gasteiger partial charge in [-0.15, -0.1) is 0 Å². The first kappa shape index (κ1) is 14.6. The second kappa shape index (κ2) is 8.57. The fraction of sp³-hybridized carbons (Fsp3) is 0.412. The van der Waals surface area contributed by atoms with Gasteiger partial charge in [0, 0.05) is 6.42 Å². The van der Waals surface area contributed by atoms with Gasteiger partial charge in [-0.05, 0) is 31.9 Å². The number of benzene rings is 1. The molecule has 0 radical (unpaired) electrons. The Labute approximate surface area is 111 Å². The number of aryl methyl sites for hydroxylation is 1. The van der Waals surface area contributed by atoms with E-state index in [2.05, 4.69) is 56.3 Å². The number of allylic oxidation sites excluding steroid dienone is 3. The number of ether oxygens (including phenoxy) is 1. The van der Waals surface area contributed by atoms with Gasteiger partial charge in [-0.3, -0.25) is 0 Å². The number of unbranched alkanes of at least 4 members (excludes halogenated alkanes) is 1. The highest BCUT2D eigenvalue weighted by Crippen LogP contribution is 2.11. The molecular formula is C17H24O. The lowest BCUT2D eigenvalue weighted by Gasteiger charge is -2.06. The van der Waals surface area contributed by atoms with E-state index < -0.39 is 0 Å². The van der Waals surface area contributed by atoms with Crippen molar-refractivity contribution in [3.63, 3.8) is 0 Å². The lowest BCUT2D eigenvalue weighted by molar-refractivity contribution is 0.217. The van der Waals surface area contributed by atoms with Gasteiger partial charge in [-0.25, -0.2) is 0 Å². The van der Waals surface area contributed by atoms with Crippen molar-refractivity contribution in [1.82, 2.24) is 0 Å². The van der Waals surface area contributed by atoms with E-state index in [1.54, 1.807) is 0 Å². The summed E-state index contributed by atoms with van der Waals surface area (Å²) in [4.78, 5) is 0. The van der Waals surface area contributed by atoms with Crippen LogP contribution >= 0.6 is 0 Å². The molecule has 1 rings (SSSR count). The molecule has 18 heavy (non-hydrogen) atoms. The van der Waals surface area contributed by atoms with Crippen molar-refractivity contribution in [3.8, 4) is 0 Å². The summed E-state index contributed by atoms with van der Waals surface area (Å²) in [5.74, 6) is 1.09. The number of hydrogen-bond donors (Lipinski definition) is 0. The van der Waals surface area contributed by atoms with Crippen molar-refractivity contribution < 1.29 is 4.74 Å². The van der Waals surface area contributed by atoms with Crippen LogP contribution in [0.1, 0.15) is 44.2 Å². The maximum absolute atomic E-state index is 5.62. The average molecular weight is 244 g/mol. The van der Waals surface area contributed by atoms with Crippen LogP contribution in [0.5, 0.6) is 0 Å². The van der Waals surface area contributed by atoms with Gasteiger partial charge in [-0.1, -0.05) is 55.3 Å². The van der Waals surface area contributed by atoms with Crippen LogP contribution in [0.2, 0.25) is 0 Å². The Kier molecular flexibility index (Phi) is 6.93. The van der Waals surface area contributed by atoms with Crippen molar-refractivity contribution in [2.45, 2.75) is 40.0 Å². The molecule has 0 aromatic heterocycles. The molecule has 0 saturated carbocycles. The summed E-state index contributed by atoms with van der Waals surface area (Å²) < 4.78 is 5.62. The van der Waals surface area contributed by atoms with Crippen LogP contribution in [0.25, 0.3) is 6.08 Å². The van der Waals surface area contributed by atoms with Gasteiger partial charge in [0.05, 0.1) is 12.4 Å². The first-order valence-corrected chi connectivity index (χ1v) is 6.83. The zero-order valence-corrected chi connectivity index (χ0v) is 11.8. The van der Waals surface area contributed by atoms with Crippen LogP contribution in [0.15, 0.2) is 42.2 Å². The predicted molar refractivity (Wildman–Crippen MR) is 79.4 cm³/mol. The fourth-order valence-electron chi connectivity index (χ4n) is 1.78. The molecule has 0 fully saturated rings. The second-order valence-corrected chi connectivity index (χ2v) is 4.44. The normalized spacial score (nSPS) is 12.1. The van der Waals surface area contributed by atoms with Gasteiger partial charge in [-0.2, -0.15) is 0 Å². The Morgan fingerprint density at radius 2 is 2.11 bits per heavy atom. The zero-order chi connectivity index (χ0) is 13.2. The van der Waals surface area contributed by atoms with Crippen LogP contribution < -0.4 is 0 Å². The average Bonchev–Trinajstić information content (AvgIpc) is 2.36. The van der Waals surface area contributed by atoms with Gasteiger partial charge < -0.3 is 4.74 Å². The molecule has 0 unspecified atom stereocenters. The van der Waals surface area contributed by atoms with Crippen molar-refractivity contribution in [1.29, 1.82) is 0 Å². The van der Waals surface area contributed by atoms with E-state index in [4.69, 9.17) is 4.74 Å². The standard InChI is InChI=1S/C17H24O/c1-4-6-12-17(18-5-2)13-8-11-16-10-7-9-15(3)14-16/h7-11,13-14H,4-6,12H2,1-3H3. The van der Waals surface area contributed by atoms with Crippen LogP contribution in [0.4, 0.5) is 0 Å². The summed E-state index contributed by atoms with van der Waals surface area (Å²) in [5, 5.41) is 0. The summed E-state index contributed by atoms with van der Waals surface area (Å²) in [5.41, 5.74) is 2.52. The van der Waals surface area contributed by atoms with E-state index in [0.717, 1.165) is 18.8 Å². The highest BCUT2D eigenvalue weighted by Gasteiger charge is 1.94. The molecule has 0 aliphatic rings. The molecule has 0 amide bonds. The minimum absolute atomic E-state index is 0.744. The number of rotatable bonds is 7. The zero-order valence-electron chi connectivity index (χ0n) is 11.8. The Morgan fingerprint density at radius 3 is 2.78 bits per heavy atom.